The van der Waals surface area contributed by atoms with E-state index < -0.39 is 0 Å². The molecule has 2 aliphatic rings. The Morgan fingerprint density at radius 1 is 1.25 bits per heavy atom. The van der Waals surface area contributed by atoms with Crippen LogP contribution in [0.1, 0.15) is 12.8 Å². The van der Waals surface area contributed by atoms with E-state index in [2.05, 4.69) is 0 Å². The zero-order valence-corrected chi connectivity index (χ0v) is 6.77. The summed E-state index contributed by atoms with van der Waals surface area (Å²) in [6.45, 7) is 0.951. The summed E-state index contributed by atoms with van der Waals surface area (Å²) in [6.07, 6.45) is 2.44. The van der Waals surface area contributed by atoms with Crippen molar-refractivity contribution in [3.8, 4) is 0 Å². The third-order valence-electron chi connectivity index (χ3n) is 2.30. The number of rotatable bonds is 2. The summed E-state index contributed by atoms with van der Waals surface area (Å²) in [4.78, 5) is 10.4. The first-order chi connectivity index (χ1) is 5.90. The summed E-state index contributed by atoms with van der Waals surface area (Å²) in [5.41, 5.74) is 0. The minimum Gasteiger partial charge on any atom is -0.365 e. The number of hydrogen-bond donors (Lipinski definition) is 0. The molecule has 2 heterocycles. The zero-order chi connectivity index (χ0) is 8.39. The van der Waals surface area contributed by atoms with Crippen molar-refractivity contribution in [3.63, 3.8) is 0 Å². The van der Waals surface area contributed by atoms with Crippen LogP contribution in [-0.2, 0) is 19.0 Å². The molecule has 2 fully saturated rings. The molecule has 4 nitrogen and oxygen atoms in total. The molecular weight excluding hydrogens is 160 g/mol. The zero-order valence-electron chi connectivity index (χ0n) is 6.77. The molecule has 0 radical (unpaired) electrons. The van der Waals surface area contributed by atoms with Gasteiger partial charge in [0.1, 0.15) is 25.3 Å². The van der Waals surface area contributed by atoms with Gasteiger partial charge in [0.15, 0.2) is 0 Å². The molecule has 0 aliphatic carbocycles. The Morgan fingerprint density at radius 3 is 2.75 bits per heavy atom. The number of aldehydes is 1. The van der Waals surface area contributed by atoms with Crippen molar-refractivity contribution in [3.05, 3.63) is 0 Å². The van der Waals surface area contributed by atoms with Gasteiger partial charge >= 0.3 is 0 Å². The van der Waals surface area contributed by atoms with Crippen molar-refractivity contribution in [2.24, 2.45) is 0 Å². The lowest BCUT2D eigenvalue weighted by Crippen LogP contribution is -2.28. The maximum Gasteiger partial charge on any atom is 0.148 e. The van der Waals surface area contributed by atoms with Crippen LogP contribution < -0.4 is 0 Å². The van der Waals surface area contributed by atoms with E-state index in [-0.39, 0.29) is 18.3 Å². The van der Waals surface area contributed by atoms with E-state index in [1.165, 1.54) is 0 Å². The van der Waals surface area contributed by atoms with Gasteiger partial charge < -0.3 is 19.0 Å². The van der Waals surface area contributed by atoms with E-state index >= 15 is 0 Å². The summed E-state index contributed by atoms with van der Waals surface area (Å²) >= 11 is 0. The number of ether oxygens (including phenoxy) is 3. The van der Waals surface area contributed by atoms with Gasteiger partial charge in [0.2, 0.25) is 0 Å². The van der Waals surface area contributed by atoms with Crippen LogP contribution in [0.5, 0.6) is 0 Å². The fraction of sp³-hybridized carbons (Fsp3) is 0.875. The minimum absolute atomic E-state index is 0.0370. The third-order valence-corrected chi connectivity index (χ3v) is 2.30. The lowest BCUT2D eigenvalue weighted by atomic mass is 10.1. The van der Waals surface area contributed by atoms with Gasteiger partial charge in [0.25, 0.3) is 0 Å². The second kappa shape index (κ2) is 3.51. The second-order valence-corrected chi connectivity index (χ2v) is 3.12. The van der Waals surface area contributed by atoms with Crippen molar-refractivity contribution in [1.29, 1.82) is 0 Å². The van der Waals surface area contributed by atoms with Crippen molar-refractivity contribution in [1.82, 2.24) is 0 Å². The molecule has 0 spiro atoms. The maximum absolute atomic E-state index is 10.4. The average molecular weight is 172 g/mol. The normalized spacial score (nSPS) is 41.8. The van der Waals surface area contributed by atoms with Crippen LogP contribution >= 0.6 is 0 Å². The number of carbonyl (C=O) groups is 1. The monoisotopic (exact) mass is 172 g/mol. The molecule has 0 aromatic carbocycles. The van der Waals surface area contributed by atoms with E-state index in [1.807, 2.05) is 0 Å². The molecule has 3 atom stereocenters. The Hall–Kier alpha value is -0.450. The largest absolute Gasteiger partial charge is 0.365 e. The second-order valence-electron chi connectivity index (χ2n) is 3.12. The van der Waals surface area contributed by atoms with Crippen molar-refractivity contribution in [2.45, 2.75) is 31.2 Å². The van der Waals surface area contributed by atoms with Gasteiger partial charge in [-0.05, 0) is 12.8 Å². The van der Waals surface area contributed by atoms with Crippen molar-refractivity contribution >= 4 is 6.29 Å². The Balaban J connectivity index is 1.85. The molecule has 2 saturated heterocycles. The first kappa shape index (κ1) is 8.16. The summed E-state index contributed by atoms with van der Waals surface area (Å²) in [5, 5.41) is 0. The quantitative estimate of drug-likeness (QED) is 0.554. The van der Waals surface area contributed by atoms with Crippen LogP contribution in [0, 0.1) is 0 Å². The lowest BCUT2D eigenvalue weighted by Gasteiger charge is -2.15. The Morgan fingerprint density at radius 2 is 2.17 bits per heavy atom. The Bertz CT molecular complexity index is 164. The van der Waals surface area contributed by atoms with E-state index in [1.54, 1.807) is 0 Å². The van der Waals surface area contributed by atoms with E-state index in [9.17, 15) is 4.79 Å². The van der Waals surface area contributed by atoms with Crippen LogP contribution in [-0.4, -0.2) is 38.0 Å². The first-order valence-electron chi connectivity index (χ1n) is 4.20. The van der Waals surface area contributed by atoms with E-state index in [4.69, 9.17) is 14.2 Å². The molecule has 2 rings (SSSR count). The molecule has 0 aromatic rings. The number of hydrogen-bond acceptors (Lipinski definition) is 4. The Kier molecular flexibility index (Phi) is 2.39. The molecule has 0 saturated carbocycles. The highest BCUT2D eigenvalue weighted by Gasteiger charge is 2.34. The molecule has 68 valence electrons. The van der Waals surface area contributed by atoms with Crippen molar-refractivity contribution in [2.75, 3.05) is 13.4 Å². The van der Waals surface area contributed by atoms with Crippen LogP contribution in [0.4, 0.5) is 0 Å². The fourth-order valence-corrected chi connectivity index (χ4v) is 1.63. The highest BCUT2D eigenvalue weighted by Crippen LogP contribution is 2.24. The predicted molar refractivity (Wildman–Crippen MR) is 39.7 cm³/mol. The molecule has 0 amide bonds. The van der Waals surface area contributed by atoms with Crippen LogP contribution in [0.3, 0.4) is 0 Å². The smallest absolute Gasteiger partial charge is 0.148 e. The molecule has 0 N–H and O–H groups in total. The highest BCUT2D eigenvalue weighted by molar-refractivity contribution is 5.56. The van der Waals surface area contributed by atoms with E-state index in [0.29, 0.717) is 13.4 Å². The summed E-state index contributed by atoms with van der Waals surface area (Å²) in [6, 6.07) is 0. The first-order valence-corrected chi connectivity index (χ1v) is 4.20. The molecular formula is C8H12O4. The molecule has 0 unspecified atom stereocenters. The SMILES string of the molecule is O=C[C@@H]1CC[C@@H]([C@H]2COCO2)O1. The summed E-state index contributed by atoms with van der Waals surface area (Å²) < 4.78 is 15.7. The van der Waals surface area contributed by atoms with Gasteiger partial charge in [-0.1, -0.05) is 0 Å². The van der Waals surface area contributed by atoms with Crippen LogP contribution in [0.15, 0.2) is 0 Å². The van der Waals surface area contributed by atoms with Crippen molar-refractivity contribution < 1.29 is 19.0 Å². The molecule has 4 heteroatoms. The lowest BCUT2D eigenvalue weighted by molar-refractivity contribution is -0.120. The third kappa shape index (κ3) is 1.50. The molecule has 2 aliphatic heterocycles. The van der Waals surface area contributed by atoms with Crippen LogP contribution in [0.2, 0.25) is 0 Å². The van der Waals surface area contributed by atoms with Gasteiger partial charge in [0.05, 0.1) is 12.7 Å². The summed E-state index contributed by atoms with van der Waals surface area (Å²) in [7, 11) is 0. The van der Waals surface area contributed by atoms with Gasteiger partial charge in [-0.25, -0.2) is 0 Å². The predicted octanol–water partition coefficient (Wildman–Crippen LogP) is 0.106. The van der Waals surface area contributed by atoms with Gasteiger partial charge in [0, 0.05) is 0 Å². The maximum atomic E-state index is 10.4. The Labute approximate surface area is 70.8 Å². The average Bonchev–Trinajstić information content (AvgIpc) is 2.75. The van der Waals surface area contributed by atoms with Gasteiger partial charge in [-0.2, -0.15) is 0 Å². The molecule has 0 bridgehead atoms. The minimum atomic E-state index is -0.223. The molecule has 12 heavy (non-hydrogen) atoms. The standard InChI is InChI=1S/C8H12O4/c9-3-6-1-2-7(12-6)8-4-10-5-11-8/h3,6-8H,1-2,4-5H2/t6-,7-,8+/m0/s1. The van der Waals surface area contributed by atoms with Gasteiger partial charge in [-0.3, -0.25) is 0 Å². The highest BCUT2D eigenvalue weighted by atomic mass is 16.7. The number of carbonyl (C=O) groups excluding carboxylic acids is 1. The van der Waals surface area contributed by atoms with Gasteiger partial charge in [-0.15, -0.1) is 0 Å². The topological polar surface area (TPSA) is 44.8 Å². The van der Waals surface area contributed by atoms with E-state index in [0.717, 1.165) is 19.1 Å². The molecule has 0 aromatic heterocycles. The summed E-state index contributed by atoms with van der Waals surface area (Å²) in [5.74, 6) is 0. The van der Waals surface area contributed by atoms with Crippen LogP contribution in [0.25, 0.3) is 0 Å². The fourth-order valence-electron chi connectivity index (χ4n) is 1.63.